The minimum absolute atomic E-state index is 0.571. The number of allylic oxidation sites excluding steroid dienone is 2. The highest BCUT2D eigenvalue weighted by atomic mass is 31.2. The molecule has 98 valence electrons. The summed E-state index contributed by atoms with van der Waals surface area (Å²) >= 11 is 0. The van der Waals surface area contributed by atoms with E-state index < -0.39 is 26.7 Å². The summed E-state index contributed by atoms with van der Waals surface area (Å²) in [7, 11) is -8.66. The van der Waals surface area contributed by atoms with Gasteiger partial charge >= 0.3 is 7.60 Å². The maximum absolute atomic E-state index is 11.5. The van der Waals surface area contributed by atoms with Crippen LogP contribution >= 0.6 is 15.0 Å². The predicted molar refractivity (Wildman–Crippen MR) is 64.5 cm³/mol. The number of nitrogens with one attached hydrogen (secondary N) is 2. The molecule has 3 unspecified atom stereocenters. The fourth-order valence-electron chi connectivity index (χ4n) is 1.42. The molecule has 9 heteroatoms. The maximum atomic E-state index is 11.5. The Balaban J connectivity index is 2.90. The second-order valence-electron chi connectivity index (χ2n) is 3.94. The number of rotatable bonds is 4. The van der Waals surface area contributed by atoms with Crippen molar-refractivity contribution >= 4 is 15.0 Å². The lowest BCUT2D eigenvalue weighted by molar-refractivity contribution is 0.347. The molecule has 1 heterocycles. The molecule has 0 bridgehead atoms. The Morgan fingerprint density at radius 1 is 1.41 bits per heavy atom. The molecule has 7 nitrogen and oxygen atoms in total. The Hall–Kier alpha value is -0.420. The van der Waals surface area contributed by atoms with Crippen LogP contribution in [0.4, 0.5) is 0 Å². The molecule has 1 aliphatic rings. The fourth-order valence-corrected chi connectivity index (χ4v) is 4.42. The molecular formula is C8H16N2O5P2. The summed E-state index contributed by atoms with van der Waals surface area (Å²) in [4.78, 5) is 27.5. The van der Waals surface area contributed by atoms with Crippen LogP contribution in [0.1, 0.15) is 6.92 Å². The number of hydrogen-bond acceptors (Lipinski definition) is 4. The lowest BCUT2D eigenvalue weighted by Crippen LogP contribution is -2.46. The van der Waals surface area contributed by atoms with Crippen LogP contribution in [0.15, 0.2) is 23.9 Å². The van der Waals surface area contributed by atoms with E-state index in [1.165, 1.54) is 0 Å². The molecule has 17 heavy (non-hydrogen) atoms. The van der Waals surface area contributed by atoms with Gasteiger partial charge in [0.25, 0.3) is 0 Å². The molecule has 0 saturated heterocycles. The van der Waals surface area contributed by atoms with Crippen LogP contribution in [0.3, 0.4) is 0 Å². The Kier molecular flexibility index (Phi) is 4.36. The molecule has 0 spiro atoms. The van der Waals surface area contributed by atoms with E-state index in [0.29, 0.717) is 0 Å². The van der Waals surface area contributed by atoms with Gasteiger partial charge in [-0.15, -0.1) is 0 Å². The van der Waals surface area contributed by atoms with Gasteiger partial charge < -0.3 is 20.0 Å². The monoisotopic (exact) mass is 282 g/mol. The summed E-state index contributed by atoms with van der Waals surface area (Å²) in [5, 5.41) is 5.29. The molecule has 5 N–H and O–H groups in total. The van der Waals surface area contributed by atoms with E-state index in [1.54, 1.807) is 25.3 Å². The highest BCUT2D eigenvalue weighted by molar-refractivity contribution is 7.73. The van der Waals surface area contributed by atoms with Gasteiger partial charge in [0.2, 0.25) is 7.37 Å². The average Bonchev–Trinajstić information content (AvgIpc) is 2.12. The zero-order chi connectivity index (χ0) is 13.3. The minimum Gasteiger partial charge on any atom is -0.372 e. The van der Waals surface area contributed by atoms with E-state index in [0.717, 1.165) is 12.2 Å². The van der Waals surface area contributed by atoms with Gasteiger partial charge in [0.15, 0.2) is 5.52 Å². The highest BCUT2D eigenvalue weighted by Crippen LogP contribution is 2.58. The lowest BCUT2D eigenvalue weighted by atomic mass is 10.2. The summed E-state index contributed by atoms with van der Waals surface area (Å²) in [5.41, 5.74) is -1.01. The molecule has 0 saturated carbocycles. The standard InChI is InChI=1S/C8H16N2O5P2/c1-6-4-3-5-9-7(6)10-8(16(2,11)12)17(13,14)15/h3-5,7-10H,1-2H3,(H,11,12)(H2,13,14,15). The van der Waals surface area contributed by atoms with Crippen LogP contribution in [-0.2, 0) is 9.13 Å². The Morgan fingerprint density at radius 2 is 2.00 bits per heavy atom. The topological polar surface area (TPSA) is 119 Å². The molecule has 1 aliphatic heterocycles. The third-order valence-corrected chi connectivity index (χ3v) is 6.29. The molecule has 0 aromatic heterocycles. The van der Waals surface area contributed by atoms with Gasteiger partial charge in [-0.05, 0) is 24.8 Å². The summed E-state index contributed by atoms with van der Waals surface area (Å²) in [6.07, 6.45) is 4.48. The fraction of sp³-hybridized carbons (Fsp3) is 0.500. The molecule has 3 atom stereocenters. The van der Waals surface area contributed by atoms with Gasteiger partial charge in [-0.1, -0.05) is 6.08 Å². The molecule has 0 radical (unpaired) electrons. The van der Waals surface area contributed by atoms with Crippen molar-refractivity contribution in [3.8, 4) is 0 Å². The van der Waals surface area contributed by atoms with Gasteiger partial charge in [0, 0.05) is 6.66 Å². The zero-order valence-corrected chi connectivity index (χ0v) is 11.2. The number of dihydropyridines is 1. The summed E-state index contributed by atoms with van der Waals surface area (Å²) in [5.74, 6) is 0. The SMILES string of the molecule is CC1=CC=CNC1NC(P(C)(=O)O)P(=O)(O)O. The van der Waals surface area contributed by atoms with Crippen molar-refractivity contribution in [1.82, 2.24) is 10.6 Å². The first kappa shape index (κ1) is 14.6. The van der Waals surface area contributed by atoms with E-state index in [-0.39, 0.29) is 0 Å². The Bertz CT molecular complexity index is 413. The largest absolute Gasteiger partial charge is 0.372 e. The Morgan fingerprint density at radius 3 is 2.41 bits per heavy atom. The lowest BCUT2D eigenvalue weighted by Gasteiger charge is -2.29. The summed E-state index contributed by atoms with van der Waals surface area (Å²) < 4.78 is 22.7. The van der Waals surface area contributed by atoms with Crippen molar-refractivity contribution in [2.75, 3.05) is 6.66 Å². The van der Waals surface area contributed by atoms with Crippen LogP contribution in [-0.4, -0.2) is 33.0 Å². The second-order valence-corrected chi connectivity index (χ2v) is 8.45. The van der Waals surface area contributed by atoms with Crippen molar-refractivity contribution in [2.24, 2.45) is 0 Å². The van der Waals surface area contributed by atoms with E-state index in [1.807, 2.05) is 0 Å². The van der Waals surface area contributed by atoms with Crippen molar-refractivity contribution in [2.45, 2.75) is 18.6 Å². The summed E-state index contributed by atoms with van der Waals surface area (Å²) in [6.45, 7) is 2.66. The first-order chi connectivity index (χ1) is 7.62. The van der Waals surface area contributed by atoms with Crippen LogP contribution in [0, 0.1) is 0 Å². The van der Waals surface area contributed by atoms with Gasteiger partial charge in [-0.3, -0.25) is 14.4 Å². The smallest absolute Gasteiger partial charge is 0.352 e. The van der Waals surface area contributed by atoms with E-state index in [2.05, 4.69) is 10.6 Å². The molecular weight excluding hydrogens is 266 g/mol. The predicted octanol–water partition coefficient (Wildman–Crippen LogP) is 0.327. The quantitative estimate of drug-likeness (QED) is 0.471. The highest BCUT2D eigenvalue weighted by Gasteiger charge is 2.42. The minimum atomic E-state index is -4.71. The summed E-state index contributed by atoms with van der Waals surface area (Å²) in [6, 6.07) is 0. The first-order valence-electron chi connectivity index (χ1n) is 4.83. The maximum Gasteiger partial charge on any atom is 0.352 e. The molecule has 0 amide bonds. The third kappa shape index (κ3) is 4.07. The molecule has 0 aromatic rings. The molecule has 0 fully saturated rings. The molecule has 1 rings (SSSR count). The van der Waals surface area contributed by atoms with Crippen molar-refractivity contribution in [3.05, 3.63) is 23.9 Å². The van der Waals surface area contributed by atoms with Gasteiger partial charge in [-0.2, -0.15) is 0 Å². The average molecular weight is 282 g/mol. The van der Waals surface area contributed by atoms with E-state index >= 15 is 0 Å². The van der Waals surface area contributed by atoms with Gasteiger partial charge in [0.05, 0.1) is 6.17 Å². The molecule has 0 aromatic carbocycles. The van der Waals surface area contributed by atoms with Crippen molar-refractivity contribution in [1.29, 1.82) is 0 Å². The number of hydrogen-bond donors (Lipinski definition) is 5. The third-order valence-electron chi connectivity index (χ3n) is 2.26. The first-order valence-corrected chi connectivity index (χ1v) is 8.68. The second kappa shape index (κ2) is 5.06. The van der Waals surface area contributed by atoms with Crippen LogP contribution < -0.4 is 10.6 Å². The normalized spacial score (nSPS) is 25.7. The molecule has 0 aliphatic carbocycles. The van der Waals surface area contributed by atoms with E-state index in [9.17, 15) is 14.0 Å². The van der Waals surface area contributed by atoms with Crippen molar-refractivity contribution in [3.63, 3.8) is 0 Å². The Labute approximate surface area is 99.2 Å². The zero-order valence-electron chi connectivity index (χ0n) is 9.44. The van der Waals surface area contributed by atoms with E-state index in [4.69, 9.17) is 9.79 Å². The van der Waals surface area contributed by atoms with Crippen LogP contribution in [0.2, 0.25) is 0 Å². The van der Waals surface area contributed by atoms with Crippen LogP contribution in [0.25, 0.3) is 0 Å². The van der Waals surface area contributed by atoms with Gasteiger partial charge in [0.1, 0.15) is 0 Å². The van der Waals surface area contributed by atoms with Crippen LogP contribution in [0.5, 0.6) is 0 Å². The van der Waals surface area contributed by atoms with Crippen molar-refractivity contribution < 1.29 is 23.8 Å². The van der Waals surface area contributed by atoms with Gasteiger partial charge in [-0.25, -0.2) is 0 Å².